The molecule has 14 heavy (non-hydrogen) atoms. The summed E-state index contributed by atoms with van der Waals surface area (Å²) in [5.74, 6) is 1.04. The molecule has 0 aliphatic heterocycles. The summed E-state index contributed by atoms with van der Waals surface area (Å²) in [6.45, 7) is 2.36. The quantitative estimate of drug-likeness (QED) is 0.622. The Kier molecular flexibility index (Phi) is 16.4. The van der Waals surface area contributed by atoms with Crippen molar-refractivity contribution in [3.05, 3.63) is 0 Å². The highest BCUT2D eigenvalue weighted by molar-refractivity contribution is 7.40. The van der Waals surface area contributed by atoms with E-state index in [2.05, 4.69) is 22.9 Å². The monoisotopic (exact) mass is 246 g/mol. The molecule has 88 valence electrons. The maximum atomic E-state index is 7.63. The number of hydrogen-bond acceptors (Lipinski definition) is 4. The largest absolute Gasteiger partial charge is 0.400 e. The minimum Gasteiger partial charge on any atom is -0.400 e. The Labute approximate surface area is 92.0 Å². The van der Waals surface area contributed by atoms with Crippen LogP contribution in [0, 0.1) is 5.92 Å². The molecule has 0 bridgehead atoms. The van der Waals surface area contributed by atoms with Gasteiger partial charge in [0.15, 0.2) is 0 Å². The summed E-state index contributed by atoms with van der Waals surface area (Å²) < 4.78 is 3.40. The van der Waals surface area contributed by atoms with Gasteiger partial charge in [0.1, 0.15) is 0 Å². The van der Waals surface area contributed by atoms with Gasteiger partial charge >= 0.3 is 8.60 Å². The lowest BCUT2D eigenvalue weighted by Crippen LogP contribution is -1.99. The lowest BCUT2D eigenvalue weighted by atomic mass is 9.91. The van der Waals surface area contributed by atoms with Crippen LogP contribution in [0.25, 0.3) is 0 Å². The Morgan fingerprint density at radius 1 is 1.14 bits per heavy atom. The topological polar surface area (TPSA) is 69.9 Å². The first-order valence-electron chi connectivity index (χ1n) is 4.58. The van der Waals surface area contributed by atoms with Crippen molar-refractivity contribution in [2.75, 3.05) is 7.11 Å². The molecule has 0 aromatic heterocycles. The van der Waals surface area contributed by atoms with E-state index in [0.29, 0.717) is 0 Å². The molecular weight excluding hydrogens is 227 g/mol. The smallest absolute Gasteiger partial charge is 0.344 e. The minimum absolute atomic E-state index is 1.00. The SMILES string of the molecule is CC1CCCCC1.CO.OP(O)OCl. The Morgan fingerprint density at radius 2 is 1.50 bits per heavy atom. The lowest BCUT2D eigenvalue weighted by molar-refractivity contribution is 0.385. The zero-order chi connectivity index (χ0) is 11.4. The van der Waals surface area contributed by atoms with Crippen molar-refractivity contribution < 1.29 is 19.0 Å². The van der Waals surface area contributed by atoms with Gasteiger partial charge in [-0.3, -0.25) is 0 Å². The summed E-state index contributed by atoms with van der Waals surface area (Å²) in [5.41, 5.74) is 0. The van der Waals surface area contributed by atoms with Crippen LogP contribution in [0.15, 0.2) is 0 Å². The highest BCUT2D eigenvalue weighted by Crippen LogP contribution is 2.25. The summed E-state index contributed by atoms with van der Waals surface area (Å²) in [7, 11) is -1.33. The third-order valence-corrected chi connectivity index (χ3v) is 2.45. The molecule has 0 atom stereocenters. The molecule has 0 heterocycles. The average molecular weight is 247 g/mol. The summed E-state index contributed by atoms with van der Waals surface area (Å²) >= 11 is 4.37. The van der Waals surface area contributed by atoms with Gasteiger partial charge in [0.05, 0.1) is 11.9 Å². The van der Waals surface area contributed by atoms with E-state index in [0.717, 1.165) is 13.0 Å². The van der Waals surface area contributed by atoms with Crippen LogP contribution in [-0.2, 0) is 4.08 Å². The van der Waals surface area contributed by atoms with Crippen LogP contribution in [-0.4, -0.2) is 22.0 Å². The van der Waals surface area contributed by atoms with Gasteiger partial charge in [-0.25, -0.2) is 0 Å². The first kappa shape index (κ1) is 17.0. The molecule has 1 fully saturated rings. The lowest BCUT2D eigenvalue weighted by Gasteiger charge is -2.15. The van der Waals surface area contributed by atoms with Crippen molar-refractivity contribution in [3.8, 4) is 0 Å². The van der Waals surface area contributed by atoms with Gasteiger partial charge in [0, 0.05) is 7.11 Å². The predicted molar refractivity (Wildman–Crippen MR) is 58.7 cm³/mol. The molecular formula is C8H20ClO4P. The summed E-state index contributed by atoms with van der Waals surface area (Å²) in [6.07, 6.45) is 7.44. The van der Waals surface area contributed by atoms with Gasteiger partial charge in [-0.1, -0.05) is 39.0 Å². The number of halogens is 1. The molecule has 1 aliphatic rings. The van der Waals surface area contributed by atoms with Gasteiger partial charge in [0.25, 0.3) is 0 Å². The number of aliphatic hydroxyl groups is 1. The van der Waals surface area contributed by atoms with Crippen molar-refractivity contribution in [1.29, 1.82) is 0 Å². The van der Waals surface area contributed by atoms with Crippen molar-refractivity contribution >= 4 is 20.5 Å². The van der Waals surface area contributed by atoms with Crippen LogP contribution in [0.2, 0.25) is 0 Å². The second-order valence-electron chi connectivity index (χ2n) is 3.06. The third kappa shape index (κ3) is 15.1. The van der Waals surface area contributed by atoms with E-state index in [9.17, 15) is 0 Å². The Hall–Kier alpha value is 0.560. The maximum Gasteiger partial charge on any atom is 0.344 e. The van der Waals surface area contributed by atoms with Crippen molar-refractivity contribution in [2.24, 2.45) is 5.92 Å². The standard InChI is InChI=1S/C7H14.CH4O.ClH2O3P/c1-7-5-3-2-4-6-7;1-2;1-4-5(2)3/h7H,2-6H2,1H3;2H,1H3;2-3H. The average Bonchev–Trinajstić information content (AvgIpc) is 2.23. The van der Waals surface area contributed by atoms with Crippen LogP contribution in [0.5, 0.6) is 0 Å². The van der Waals surface area contributed by atoms with E-state index in [-0.39, 0.29) is 0 Å². The van der Waals surface area contributed by atoms with Crippen molar-refractivity contribution in [1.82, 2.24) is 0 Å². The second-order valence-corrected chi connectivity index (χ2v) is 4.12. The van der Waals surface area contributed by atoms with Gasteiger partial charge < -0.3 is 14.9 Å². The fraction of sp³-hybridized carbons (Fsp3) is 1.00. The molecule has 0 unspecified atom stereocenters. The number of hydrogen-bond donors (Lipinski definition) is 3. The van der Waals surface area contributed by atoms with Crippen LogP contribution < -0.4 is 0 Å². The number of rotatable bonds is 1. The zero-order valence-corrected chi connectivity index (χ0v) is 10.3. The van der Waals surface area contributed by atoms with E-state index in [1.165, 1.54) is 32.1 Å². The van der Waals surface area contributed by atoms with Gasteiger partial charge in [0.2, 0.25) is 0 Å². The molecule has 0 amide bonds. The van der Waals surface area contributed by atoms with Crippen LogP contribution in [0.4, 0.5) is 0 Å². The van der Waals surface area contributed by atoms with E-state index in [1.54, 1.807) is 0 Å². The van der Waals surface area contributed by atoms with Crippen molar-refractivity contribution in [2.45, 2.75) is 39.0 Å². The Balaban J connectivity index is 0. The molecule has 4 nitrogen and oxygen atoms in total. The minimum atomic E-state index is -2.33. The fourth-order valence-corrected chi connectivity index (χ4v) is 1.31. The molecule has 1 saturated carbocycles. The first-order valence-corrected chi connectivity index (χ1v) is 6.05. The highest BCUT2D eigenvalue weighted by atomic mass is 35.5. The molecule has 0 aromatic carbocycles. The molecule has 0 saturated heterocycles. The predicted octanol–water partition coefficient (Wildman–Crippen LogP) is 2.56. The molecule has 1 aliphatic carbocycles. The first-order chi connectivity index (χ1) is 6.66. The van der Waals surface area contributed by atoms with Gasteiger partial charge in [-0.15, -0.1) is 0 Å². The Bertz CT molecular complexity index is 99.3. The summed E-state index contributed by atoms with van der Waals surface area (Å²) in [5, 5.41) is 7.00. The fourth-order valence-electron chi connectivity index (χ4n) is 1.31. The molecule has 0 radical (unpaired) electrons. The normalized spacial score (nSPS) is 16.5. The maximum absolute atomic E-state index is 7.63. The summed E-state index contributed by atoms with van der Waals surface area (Å²) in [4.78, 5) is 15.3. The number of aliphatic hydroxyl groups excluding tert-OH is 1. The van der Waals surface area contributed by atoms with Crippen molar-refractivity contribution in [3.63, 3.8) is 0 Å². The van der Waals surface area contributed by atoms with E-state index >= 15 is 0 Å². The van der Waals surface area contributed by atoms with Gasteiger partial charge in [-0.2, -0.15) is 4.08 Å². The molecule has 0 spiro atoms. The molecule has 6 heteroatoms. The zero-order valence-electron chi connectivity index (χ0n) is 8.69. The molecule has 3 N–H and O–H groups in total. The third-order valence-electron chi connectivity index (χ3n) is 1.96. The van der Waals surface area contributed by atoms with Crippen LogP contribution >= 0.6 is 20.5 Å². The van der Waals surface area contributed by atoms with Crippen LogP contribution in [0.3, 0.4) is 0 Å². The van der Waals surface area contributed by atoms with Crippen LogP contribution in [0.1, 0.15) is 39.0 Å². The van der Waals surface area contributed by atoms with E-state index in [1.807, 2.05) is 0 Å². The van der Waals surface area contributed by atoms with E-state index < -0.39 is 8.60 Å². The Morgan fingerprint density at radius 3 is 1.64 bits per heavy atom. The highest BCUT2D eigenvalue weighted by Gasteiger charge is 2.05. The van der Waals surface area contributed by atoms with Gasteiger partial charge in [-0.05, 0) is 5.92 Å². The molecule has 0 aromatic rings. The summed E-state index contributed by atoms with van der Waals surface area (Å²) in [6, 6.07) is 0. The molecule has 1 rings (SSSR count). The second kappa shape index (κ2) is 13.6. The van der Waals surface area contributed by atoms with E-state index in [4.69, 9.17) is 14.9 Å².